The van der Waals surface area contributed by atoms with Gasteiger partial charge >= 0.3 is 0 Å². The van der Waals surface area contributed by atoms with Crippen LogP contribution in [0.2, 0.25) is 0 Å². The van der Waals surface area contributed by atoms with Crippen LogP contribution in [-0.2, 0) is 11.3 Å². The first kappa shape index (κ1) is 21.2. The Balaban J connectivity index is 1.43. The highest BCUT2D eigenvalue weighted by atomic mass is 16.5. The van der Waals surface area contributed by atoms with E-state index in [1.807, 2.05) is 40.9 Å². The van der Waals surface area contributed by atoms with Gasteiger partial charge in [0.15, 0.2) is 23.8 Å². The SMILES string of the molecule is CCCn1ncc2ccc([C@@H]3CCCN(C(=O)COc4ccc(C)cc4OC)C3)nc21. The highest BCUT2D eigenvalue weighted by Gasteiger charge is 2.26. The van der Waals surface area contributed by atoms with Crippen molar-refractivity contribution >= 4 is 16.9 Å². The van der Waals surface area contributed by atoms with Crippen molar-refractivity contribution in [2.24, 2.45) is 0 Å². The number of aromatic nitrogens is 3. The summed E-state index contributed by atoms with van der Waals surface area (Å²) in [7, 11) is 1.61. The zero-order valence-electron chi connectivity index (χ0n) is 18.5. The van der Waals surface area contributed by atoms with Crippen LogP contribution in [0.1, 0.15) is 43.4 Å². The fourth-order valence-corrected chi connectivity index (χ4v) is 4.14. The maximum absolute atomic E-state index is 12.9. The number of nitrogens with zero attached hydrogens (tertiary/aromatic N) is 4. The minimum Gasteiger partial charge on any atom is -0.493 e. The van der Waals surface area contributed by atoms with E-state index < -0.39 is 0 Å². The summed E-state index contributed by atoms with van der Waals surface area (Å²) < 4.78 is 13.1. The Hall–Kier alpha value is -3.09. The first-order valence-electron chi connectivity index (χ1n) is 11.0. The number of carbonyl (C=O) groups is 1. The third kappa shape index (κ3) is 4.65. The summed E-state index contributed by atoms with van der Waals surface area (Å²) in [6.07, 6.45) is 4.87. The number of methoxy groups -OCH3 is 1. The number of piperidine rings is 1. The van der Waals surface area contributed by atoms with Gasteiger partial charge in [-0.2, -0.15) is 5.10 Å². The van der Waals surface area contributed by atoms with E-state index >= 15 is 0 Å². The molecule has 3 heterocycles. The second kappa shape index (κ2) is 9.37. The Morgan fingerprint density at radius 1 is 1.23 bits per heavy atom. The third-order valence-corrected chi connectivity index (χ3v) is 5.81. The molecule has 1 saturated heterocycles. The largest absolute Gasteiger partial charge is 0.493 e. The van der Waals surface area contributed by atoms with Gasteiger partial charge in [-0.1, -0.05) is 13.0 Å². The second-order valence-electron chi connectivity index (χ2n) is 8.14. The van der Waals surface area contributed by atoms with E-state index in [2.05, 4.69) is 24.2 Å². The molecule has 0 aliphatic carbocycles. The Kier molecular flexibility index (Phi) is 6.39. The molecule has 0 spiro atoms. The smallest absolute Gasteiger partial charge is 0.260 e. The molecule has 0 unspecified atom stereocenters. The average molecular weight is 423 g/mol. The Morgan fingerprint density at radius 3 is 2.90 bits per heavy atom. The van der Waals surface area contributed by atoms with E-state index in [0.29, 0.717) is 18.0 Å². The summed E-state index contributed by atoms with van der Waals surface area (Å²) in [6.45, 7) is 6.40. The lowest BCUT2D eigenvalue weighted by Crippen LogP contribution is -2.41. The van der Waals surface area contributed by atoms with E-state index in [1.165, 1.54) is 0 Å². The molecule has 2 aromatic heterocycles. The number of hydrogen-bond acceptors (Lipinski definition) is 5. The van der Waals surface area contributed by atoms with Gasteiger partial charge in [0.25, 0.3) is 5.91 Å². The number of aryl methyl sites for hydroxylation is 2. The number of likely N-dealkylation sites (tertiary alicyclic amines) is 1. The highest BCUT2D eigenvalue weighted by molar-refractivity contribution is 5.78. The quantitative estimate of drug-likeness (QED) is 0.577. The van der Waals surface area contributed by atoms with Crippen molar-refractivity contribution < 1.29 is 14.3 Å². The fraction of sp³-hybridized carbons (Fsp3) is 0.458. The van der Waals surface area contributed by atoms with Crippen LogP contribution < -0.4 is 9.47 Å². The summed E-state index contributed by atoms with van der Waals surface area (Å²) in [4.78, 5) is 19.7. The van der Waals surface area contributed by atoms with Crippen molar-refractivity contribution in [1.29, 1.82) is 0 Å². The molecular formula is C24H30N4O3. The number of hydrogen-bond donors (Lipinski definition) is 0. The molecule has 1 atom stereocenters. The van der Waals surface area contributed by atoms with Crippen LogP contribution in [0.4, 0.5) is 0 Å². The van der Waals surface area contributed by atoms with E-state index in [1.54, 1.807) is 7.11 Å². The lowest BCUT2D eigenvalue weighted by molar-refractivity contribution is -0.134. The van der Waals surface area contributed by atoms with Gasteiger partial charge < -0.3 is 14.4 Å². The minimum absolute atomic E-state index is 0.00186. The summed E-state index contributed by atoms with van der Waals surface area (Å²) in [6, 6.07) is 9.86. The zero-order valence-corrected chi connectivity index (χ0v) is 18.5. The molecule has 1 aromatic carbocycles. The van der Waals surface area contributed by atoms with Gasteiger partial charge in [-0.3, -0.25) is 4.79 Å². The number of ether oxygens (including phenoxy) is 2. The zero-order chi connectivity index (χ0) is 21.8. The number of carbonyl (C=O) groups excluding carboxylic acids is 1. The van der Waals surface area contributed by atoms with Gasteiger partial charge in [-0.05, 0) is 56.0 Å². The molecular weight excluding hydrogens is 392 g/mol. The van der Waals surface area contributed by atoms with Crippen LogP contribution >= 0.6 is 0 Å². The molecule has 1 fully saturated rings. The van der Waals surface area contributed by atoms with Crippen LogP contribution in [0.5, 0.6) is 11.5 Å². The summed E-state index contributed by atoms with van der Waals surface area (Å²) in [5, 5.41) is 5.51. The normalized spacial score (nSPS) is 16.5. The van der Waals surface area contributed by atoms with E-state index in [4.69, 9.17) is 14.5 Å². The first-order chi connectivity index (χ1) is 15.1. The summed E-state index contributed by atoms with van der Waals surface area (Å²) in [5.41, 5.74) is 3.04. The maximum Gasteiger partial charge on any atom is 0.260 e. The predicted molar refractivity (Wildman–Crippen MR) is 120 cm³/mol. The number of amides is 1. The van der Waals surface area contributed by atoms with E-state index in [9.17, 15) is 4.79 Å². The van der Waals surface area contributed by atoms with E-state index in [-0.39, 0.29) is 18.4 Å². The Bertz CT molecular complexity index is 1060. The minimum atomic E-state index is -0.00979. The van der Waals surface area contributed by atoms with Gasteiger partial charge in [0.2, 0.25) is 0 Å². The lowest BCUT2D eigenvalue weighted by Gasteiger charge is -2.32. The van der Waals surface area contributed by atoms with Crippen molar-refractivity contribution in [2.45, 2.75) is 45.6 Å². The van der Waals surface area contributed by atoms with Crippen LogP contribution in [-0.4, -0.2) is 52.4 Å². The molecule has 0 saturated carbocycles. The number of pyridine rings is 1. The van der Waals surface area contributed by atoms with Gasteiger partial charge in [0.05, 0.1) is 13.3 Å². The summed E-state index contributed by atoms with van der Waals surface area (Å²) >= 11 is 0. The van der Waals surface area contributed by atoms with Crippen LogP contribution in [0.25, 0.3) is 11.0 Å². The van der Waals surface area contributed by atoms with E-state index in [0.717, 1.165) is 54.6 Å². The fourth-order valence-electron chi connectivity index (χ4n) is 4.14. The van der Waals surface area contributed by atoms with Crippen molar-refractivity contribution in [3.63, 3.8) is 0 Å². The van der Waals surface area contributed by atoms with Crippen LogP contribution in [0.3, 0.4) is 0 Å². The Labute approximate surface area is 183 Å². The molecule has 0 N–H and O–H groups in total. The third-order valence-electron chi connectivity index (χ3n) is 5.81. The second-order valence-corrected chi connectivity index (χ2v) is 8.14. The first-order valence-corrected chi connectivity index (χ1v) is 11.0. The maximum atomic E-state index is 12.9. The van der Waals surface area contributed by atoms with Crippen molar-refractivity contribution in [3.05, 3.63) is 47.8 Å². The van der Waals surface area contributed by atoms with Gasteiger partial charge in [-0.25, -0.2) is 9.67 Å². The standard InChI is InChI=1S/C24H30N4O3/c1-4-11-28-24-18(14-25-28)8-9-20(26-24)19-6-5-12-27(15-19)23(29)16-31-21-10-7-17(2)13-22(21)30-3/h7-10,13-14,19H,4-6,11-12,15-16H2,1-3H3/t19-/m1/s1. The molecule has 1 aliphatic rings. The van der Waals surface area contributed by atoms with Gasteiger partial charge in [-0.15, -0.1) is 0 Å². The molecule has 3 aromatic rings. The molecule has 164 valence electrons. The molecule has 1 amide bonds. The van der Waals surface area contributed by atoms with Crippen molar-refractivity contribution in [3.8, 4) is 11.5 Å². The summed E-state index contributed by atoms with van der Waals surface area (Å²) in [5.74, 6) is 1.45. The molecule has 7 nitrogen and oxygen atoms in total. The monoisotopic (exact) mass is 422 g/mol. The molecule has 31 heavy (non-hydrogen) atoms. The lowest BCUT2D eigenvalue weighted by atomic mass is 9.94. The topological polar surface area (TPSA) is 69.5 Å². The van der Waals surface area contributed by atoms with Crippen LogP contribution in [0, 0.1) is 6.92 Å². The molecule has 0 radical (unpaired) electrons. The molecule has 1 aliphatic heterocycles. The van der Waals surface area contributed by atoms with Crippen molar-refractivity contribution in [2.75, 3.05) is 26.8 Å². The average Bonchev–Trinajstić information content (AvgIpc) is 3.20. The number of benzene rings is 1. The van der Waals surface area contributed by atoms with Gasteiger partial charge in [0.1, 0.15) is 0 Å². The Morgan fingerprint density at radius 2 is 2.10 bits per heavy atom. The predicted octanol–water partition coefficient (Wildman–Crippen LogP) is 3.94. The number of rotatable bonds is 7. The van der Waals surface area contributed by atoms with Crippen LogP contribution in [0.15, 0.2) is 36.5 Å². The molecule has 4 rings (SSSR count). The number of fused-ring (bicyclic) bond motifs is 1. The highest BCUT2D eigenvalue weighted by Crippen LogP contribution is 2.29. The molecule has 7 heteroatoms. The van der Waals surface area contributed by atoms with Crippen molar-refractivity contribution in [1.82, 2.24) is 19.7 Å². The van der Waals surface area contributed by atoms with Gasteiger partial charge in [0, 0.05) is 36.6 Å². The molecule has 0 bridgehead atoms.